The van der Waals surface area contributed by atoms with Crippen LogP contribution in [-0.4, -0.2) is 36.1 Å². The van der Waals surface area contributed by atoms with Crippen LogP contribution in [0.1, 0.15) is 27.2 Å². The van der Waals surface area contributed by atoms with Crippen LogP contribution in [0.2, 0.25) is 0 Å². The Labute approximate surface area is 102 Å². The van der Waals surface area contributed by atoms with Crippen LogP contribution in [0.15, 0.2) is 0 Å². The van der Waals surface area contributed by atoms with E-state index in [0.29, 0.717) is 13.0 Å². The normalized spacial score (nSPS) is 25.9. The van der Waals surface area contributed by atoms with Crippen molar-refractivity contribution in [2.75, 3.05) is 13.1 Å². The van der Waals surface area contributed by atoms with Crippen LogP contribution in [0.5, 0.6) is 0 Å². The first-order valence-corrected chi connectivity index (χ1v) is 6.15. The van der Waals surface area contributed by atoms with E-state index in [4.69, 9.17) is 5.11 Å². The van der Waals surface area contributed by atoms with Gasteiger partial charge >= 0.3 is 5.97 Å². The summed E-state index contributed by atoms with van der Waals surface area (Å²) in [5, 5.41) is 14.8. The Bertz CT molecular complexity index is 291. The van der Waals surface area contributed by atoms with Gasteiger partial charge in [0.25, 0.3) is 0 Å². The highest BCUT2D eigenvalue weighted by molar-refractivity contribution is 5.85. The zero-order chi connectivity index (χ0) is 13.0. The summed E-state index contributed by atoms with van der Waals surface area (Å²) in [5.74, 6) is -0.691. The van der Waals surface area contributed by atoms with E-state index >= 15 is 0 Å². The molecule has 0 spiro atoms. The molecule has 0 radical (unpaired) electrons. The van der Waals surface area contributed by atoms with Crippen molar-refractivity contribution in [1.82, 2.24) is 10.6 Å². The lowest BCUT2D eigenvalue weighted by Crippen LogP contribution is -2.45. The van der Waals surface area contributed by atoms with E-state index in [1.165, 1.54) is 0 Å². The molecule has 17 heavy (non-hydrogen) atoms. The number of carboxylic acids is 1. The average Bonchev–Trinajstić information content (AvgIpc) is 2.62. The largest absolute Gasteiger partial charge is 0.480 e. The molecule has 1 amide bonds. The van der Waals surface area contributed by atoms with Gasteiger partial charge in [0.1, 0.15) is 6.04 Å². The Balaban J connectivity index is 2.54. The number of carbonyl (C=O) groups is 2. The summed E-state index contributed by atoms with van der Waals surface area (Å²) in [6, 6.07) is -0.768. The molecular formula is C12H22N2O3. The molecule has 1 unspecified atom stereocenters. The topological polar surface area (TPSA) is 78.4 Å². The summed E-state index contributed by atoms with van der Waals surface area (Å²) >= 11 is 0. The molecule has 1 heterocycles. The minimum Gasteiger partial charge on any atom is -0.480 e. The van der Waals surface area contributed by atoms with E-state index < -0.39 is 12.0 Å². The zero-order valence-corrected chi connectivity index (χ0v) is 10.7. The predicted octanol–water partition coefficient (Wildman–Crippen LogP) is 0.457. The molecule has 0 aromatic carbocycles. The smallest absolute Gasteiger partial charge is 0.326 e. The molecule has 1 aliphatic rings. The number of carbonyl (C=O) groups excluding carboxylic acids is 1. The number of aliphatic carboxylic acids is 1. The molecule has 0 bridgehead atoms. The number of hydrogen-bond acceptors (Lipinski definition) is 3. The van der Waals surface area contributed by atoms with Gasteiger partial charge in [-0.2, -0.15) is 0 Å². The second-order valence-corrected chi connectivity index (χ2v) is 5.27. The lowest BCUT2D eigenvalue weighted by atomic mass is 9.96. The average molecular weight is 242 g/mol. The second kappa shape index (κ2) is 6.00. The van der Waals surface area contributed by atoms with E-state index in [1.807, 2.05) is 20.8 Å². The summed E-state index contributed by atoms with van der Waals surface area (Å²) in [6.07, 6.45) is 0.468. The van der Waals surface area contributed by atoms with Crippen LogP contribution in [0.25, 0.3) is 0 Å². The van der Waals surface area contributed by atoms with Crippen molar-refractivity contribution in [1.29, 1.82) is 0 Å². The molecule has 0 aliphatic carbocycles. The maximum absolute atomic E-state index is 11.9. The summed E-state index contributed by atoms with van der Waals surface area (Å²) in [6.45, 7) is 7.35. The molecule has 5 nitrogen and oxygen atoms in total. The predicted molar refractivity (Wildman–Crippen MR) is 64.5 cm³/mol. The molecule has 1 aliphatic heterocycles. The minimum absolute atomic E-state index is 0.107. The van der Waals surface area contributed by atoms with Gasteiger partial charge in [-0.1, -0.05) is 20.8 Å². The van der Waals surface area contributed by atoms with Gasteiger partial charge in [-0.3, -0.25) is 4.79 Å². The molecule has 5 heteroatoms. The first kappa shape index (κ1) is 14.0. The fourth-order valence-corrected chi connectivity index (χ4v) is 2.13. The second-order valence-electron chi connectivity index (χ2n) is 5.27. The van der Waals surface area contributed by atoms with Gasteiger partial charge in [-0.25, -0.2) is 4.79 Å². The third-order valence-electron chi connectivity index (χ3n) is 3.18. The lowest BCUT2D eigenvalue weighted by molar-refractivity contribution is -0.143. The van der Waals surface area contributed by atoms with Gasteiger partial charge in [0.2, 0.25) is 5.91 Å². The van der Waals surface area contributed by atoms with Crippen LogP contribution in [0.3, 0.4) is 0 Å². The Kier molecular flexibility index (Phi) is 4.93. The Morgan fingerprint density at radius 2 is 2.06 bits per heavy atom. The van der Waals surface area contributed by atoms with Crippen LogP contribution < -0.4 is 10.6 Å². The van der Waals surface area contributed by atoms with E-state index in [2.05, 4.69) is 10.6 Å². The lowest BCUT2D eigenvalue weighted by Gasteiger charge is -2.20. The molecule has 1 saturated heterocycles. The van der Waals surface area contributed by atoms with Gasteiger partial charge in [0, 0.05) is 6.54 Å². The number of carboxylic acid groups (broad SMARTS) is 1. The van der Waals surface area contributed by atoms with Crippen molar-refractivity contribution in [3.63, 3.8) is 0 Å². The van der Waals surface area contributed by atoms with Crippen molar-refractivity contribution in [2.45, 2.75) is 33.2 Å². The molecule has 3 N–H and O–H groups in total. The first-order valence-electron chi connectivity index (χ1n) is 6.15. The summed E-state index contributed by atoms with van der Waals surface area (Å²) in [4.78, 5) is 23.0. The third-order valence-corrected chi connectivity index (χ3v) is 3.18. The maximum Gasteiger partial charge on any atom is 0.326 e. The van der Waals surface area contributed by atoms with Crippen LogP contribution in [-0.2, 0) is 9.59 Å². The highest BCUT2D eigenvalue weighted by atomic mass is 16.4. The maximum atomic E-state index is 11.9. The fraction of sp³-hybridized carbons (Fsp3) is 0.833. The molecular weight excluding hydrogens is 220 g/mol. The Morgan fingerprint density at radius 3 is 2.47 bits per heavy atom. The van der Waals surface area contributed by atoms with Gasteiger partial charge in [-0.05, 0) is 24.8 Å². The van der Waals surface area contributed by atoms with Crippen molar-refractivity contribution >= 4 is 11.9 Å². The first-order chi connectivity index (χ1) is 7.91. The highest BCUT2D eigenvalue weighted by Gasteiger charge is 2.32. The summed E-state index contributed by atoms with van der Waals surface area (Å²) in [7, 11) is 0. The van der Waals surface area contributed by atoms with Gasteiger partial charge in [-0.15, -0.1) is 0 Å². The Hall–Kier alpha value is -1.10. The van der Waals surface area contributed by atoms with Crippen LogP contribution in [0.4, 0.5) is 0 Å². The number of nitrogens with one attached hydrogen (secondary N) is 2. The van der Waals surface area contributed by atoms with E-state index in [0.717, 1.165) is 6.54 Å². The standard InChI is InChI=1S/C12H22N2O3/c1-7(2)4-10(12(16)17)14-11(15)9-6-13-5-8(9)3/h7-10,13H,4-6H2,1-3H3,(H,14,15)(H,16,17)/t8-,9-,10?/m1/s1. The molecule has 1 fully saturated rings. The number of hydrogen-bond donors (Lipinski definition) is 3. The molecule has 3 atom stereocenters. The van der Waals surface area contributed by atoms with E-state index in [-0.39, 0.29) is 23.7 Å². The number of amides is 1. The SMILES string of the molecule is CC(C)CC(NC(=O)[C@@H]1CNC[C@H]1C)C(=O)O. The monoisotopic (exact) mass is 242 g/mol. The third kappa shape index (κ3) is 4.00. The van der Waals surface area contributed by atoms with Crippen LogP contribution in [0, 0.1) is 17.8 Å². The minimum atomic E-state index is -0.953. The van der Waals surface area contributed by atoms with Gasteiger partial charge in [0.15, 0.2) is 0 Å². The highest BCUT2D eigenvalue weighted by Crippen LogP contribution is 2.16. The van der Waals surface area contributed by atoms with Crippen molar-refractivity contribution in [2.24, 2.45) is 17.8 Å². The zero-order valence-electron chi connectivity index (χ0n) is 10.7. The van der Waals surface area contributed by atoms with Crippen molar-refractivity contribution in [3.8, 4) is 0 Å². The van der Waals surface area contributed by atoms with E-state index in [1.54, 1.807) is 0 Å². The van der Waals surface area contributed by atoms with Crippen molar-refractivity contribution < 1.29 is 14.7 Å². The molecule has 98 valence electrons. The summed E-state index contributed by atoms with van der Waals surface area (Å²) in [5.41, 5.74) is 0. The molecule has 0 saturated carbocycles. The number of rotatable bonds is 5. The quantitative estimate of drug-likeness (QED) is 0.654. The summed E-state index contributed by atoms with van der Waals surface area (Å²) < 4.78 is 0. The van der Waals surface area contributed by atoms with Gasteiger partial charge in [0.05, 0.1) is 5.92 Å². The molecule has 1 rings (SSSR count). The van der Waals surface area contributed by atoms with Crippen molar-refractivity contribution in [3.05, 3.63) is 0 Å². The Morgan fingerprint density at radius 1 is 1.41 bits per heavy atom. The van der Waals surface area contributed by atoms with Gasteiger partial charge < -0.3 is 15.7 Å². The molecule has 0 aromatic heterocycles. The van der Waals surface area contributed by atoms with E-state index in [9.17, 15) is 9.59 Å². The van der Waals surface area contributed by atoms with Crippen LogP contribution >= 0.6 is 0 Å². The molecule has 0 aromatic rings. The fourth-order valence-electron chi connectivity index (χ4n) is 2.13.